The normalized spacial score (nSPS) is 19.4. The third-order valence-corrected chi connectivity index (χ3v) is 3.19. The van der Waals surface area contributed by atoms with E-state index in [2.05, 4.69) is 10.3 Å². The molecule has 1 fully saturated rings. The third-order valence-electron chi connectivity index (χ3n) is 3.19. The molecular weight excluding hydrogens is 274 g/mol. The molecule has 1 saturated heterocycles. The van der Waals surface area contributed by atoms with E-state index in [4.69, 9.17) is 10.5 Å². The van der Waals surface area contributed by atoms with E-state index in [1.807, 2.05) is 20.8 Å². The zero-order valence-corrected chi connectivity index (χ0v) is 12.6. The lowest BCUT2D eigenvalue weighted by atomic mass is 10.1. The number of primary amides is 1. The first-order valence-corrected chi connectivity index (χ1v) is 6.96. The Kier molecular flexibility index (Phi) is 4.15. The summed E-state index contributed by atoms with van der Waals surface area (Å²) in [6.45, 7) is 6.65. The number of piperidine rings is 1. The maximum atomic E-state index is 12.1. The summed E-state index contributed by atoms with van der Waals surface area (Å²) in [6.07, 6.45) is 2.89. The van der Waals surface area contributed by atoms with Gasteiger partial charge >= 0.3 is 6.09 Å². The Hall–Kier alpha value is -2.12. The summed E-state index contributed by atoms with van der Waals surface area (Å²) in [4.78, 5) is 24.8. The van der Waals surface area contributed by atoms with Crippen LogP contribution in [0.4, 0.5) is 4.79 Å². The molecule has 0 aliphatic carbocycles. The van der Waals surface area contributed by atoms with Crippen LogP contribution in [0.5, 0.6) is 0 Å². The van der Waals surface area contributed by atoms with Gasteiger partial charge < -0.3 is 15.4 Å². The molecule has 0 bridgehead atoms. The van der Waals surface area contributed by atoms with Crippen molar-refractivity contribution < 1.29 is 14.3 Å². The summed E-state index contributed by atoms with van der Waals surface area (Å²) in [5.41, 5.74) is 4.77. The van der Waals surface area contributed by atoms with Crippen LogP contribution in [-0.2, 0) is 4.74 Å². The lowest BCUT2D eigenvalue weighted by Gasteiger charge is -2.33. The van der Waals surface area contributed by atoms with Crippen LogP contribution in [0.25, 0.3) is 0 Å². The van der Waals surface area contributed by atoms with Gasteiger partial charge in [-0.2, -0.15) is 0 Å². The number of amides is 2. The van der Waals surface area contributed by atoms with Gasteiger partial charge in [0.1, 0.15) is 5.60 Å². The maximum Gasteiger partial charge on any atom is 0.410 e. The van der Waals surface area contributed by atoms with Crippen LogP contribution in [0.1, 0.15) is 50.1 Å². The summed E-state index contributed by atoms with van der Waals surface area (Å²) in [6, 6.07) is -0.0214. The second-order valence-electron chi connectivity index (χ2n) is 6.17. The number of likely N-dealkylation sites (tertiary alicyclic amines) is 1. The van der Waals surface area contributed by atoms with Gasteiger partial charge in [0, 0.05) is 13.1 Å². The minimum Gasteiger partial charge on any atom is -0.444 e. The highest BCUT2D eigenvalue weighted by molar-refractivity contribution is 5.90. The molecule has 1 atom stereocenters. The lowest BCUT2D eigenvalue weighted by molar-refractivity contribution is 0.0166. The predicted octanol–water partition coefficient (Wildman–Crippen LogP) is 0.949. The molecule has 0 saturated carbocycles. The molecule has 1 aliphatic heterocycles. The van der Waals surface area contributed by atoms with E-state index in [1.54, 1.807) is 9.58 Å². The number of ether oxygens (including phenoxy) is 1. The SMILES string of the molecule is CC(C)(C)OC(=O)N1CCC[C@H](n2cc(C(N)=O)nn2)C1. The van der Waals surface area contributed by atoms with Gasteiger partial charge in [0.15, 0.2) is 5.69 Å². The summed E-state index contributed by atoms with van der Waals surface area (Å²) < 4.78 is 6.97. The zero-order chi connectivity index (χ0) is 15.6. The minimum atomic E-state index is -0.610. The van der Waals surface area contributed by atoms with E-state index in [1.165, 1.54) is 6.20 Å². The van der Waals surface area contributed by atoms with Crippen molar-refractivity contribution in [3.63, 3.8) is 0 Å². The average Bonchev–Trinajstić information content (AvgIpc) is 2.86. The molecule has 2 amide bonds. The van der Waals surface area contributed by atoms with Crippen LogP contribution in [-0.4, -0.2) is 50.6 Å². The van der Waals surface area contributed by atoms with Gasteiger partial charge in [0.05, 0.1) is 12.2 Å². The fraction of sp³-hybridized carbons (Fsp3) is 0.692. The zero-order valence-electron chi connectivity index (χ0n) is 12.6. The molecule has 21 heavy (non-hydrogen) atoms. The highest BCUT2D eigenvalue weighted by Crippen LogP contribution is 2.22. The van der Waals surface area contributed by atoms with Crippen molar-refractivity contribution in [2.45, 2.75) is 45.3 Å². The molecule has 0 aromatic carbocycles. The van der Waals surface area contributed by atoms with Crippen LogP contribution < -0.4 is 5.73 Å². The first-order valence-electron chi connectivity index (χ1n) is 6.96. The Bertz CT molecular complexity index is 534. The van der Waals surface area contributed by atoms with Gasteiger partial charge in [0.25, 0.3) is 5.91 Å². The summed E-state index contributed by atoms with van der Waals surface area (Å²) in [5, 5.41) is 7.64. The fourth-order valence-electron chi connectivity index (χ4n) is 2.23. The van der Waals surface area contributed by atoms with E-state index in [0.29, 0.717) is 13.1 Å². The number of nitrogens with two attached hydrogens (primary N) is 1. The quantitative estimate of drug-likeness (QED) is 0.874. The van der Waals surface area contributed by atoms with Crippen molar-refractivity contribution >= 4 is 12.0 Å². The van der Waals surface area contributed by atoms with Gasteiger partial charge in [-0.05, 0) is 33.6 Å². The molecule has 1 aromatic rings. The molecule has 1 aromatic heterocycles. The summed E-state index contributed by atoms with van der Waals surface area (Å²) >= 11 is 0. The third kappa shape index (κ3) is 3.93. The molecule has 1 aliphatic rings. The van der Waals surface area contributed by atoms with Crippen LogP contribution >= 0.6 is 0 Å². The number of carbonyl (C=O) groups is 2. The van der Waals surface area contributed by atoms with E-state index in [9.17, 15) is 9.59 Å². The standard InChI is InChI=1S/C13H21N5O3/c1-13(2,3)21-12(20)17-6-4-5-9(7-17)18-8-10(11(14)19)15-16-18/h8-9H,4-7H2,1-3H3,(H2,14,19)/t9-/m0/s1. The number of nitrogens with zero attached hydrogens (tertiary/aromatic N) is 4. The molecule has 8 nitrogen and oxygen atoms in total. The van der Waals surface area contributed by atoms with Crippen molar-refractivity contribution in [1.29, 1.82) is 0 Å². The van der Waals surface area contributed by atoms with E-state index in [0.717, 1.165) is 12.8 Å². The average molecular weight is 295 g/mol. The molecular formula is C13H21N5O3. The van der Waals surface area contributed by atoms with Crippen molar-refractivity contribution in [3.8, 4) is 0 Å². The summed E-state index contributed by atoms with van der Waals surface area (Å²) in [5.74, 6) is -0.610. The van der Waals surface area contributed by atoms with Gasteiger partial charge in [-0.25, -0.2) is 9.48 Å². The Morgan fingerprint density at radius 1 is 1.43 bits per heavy atom. The van der Waals surface area contributed by atoms with Crippen LogP contribution in [0, 0.1) is 0 Å². The minimum absolute atomic E-state index is 0.0214. The topological polar surface area (TPSA) is 103 Å². The Morgan fingerprint density at radius 2 is 2.14 bits per heavy atom. The van der Waals surface area contributed by atoms with Crippen molar-refractivity contribution in [1.82, 2.24) is 19.9 Å². The molecule has 2 rings (SSSR count). The van der Waals surface area contributed by atoms with Gasteiger partial charge in [-0.1, -0.05) is 5.21 Å². The second kappa shape index (κ2) is 5.71. The van der Waals surface area contributed by atoms with Crippen molar-refractivity contribution in [3.05, 3.63) is 11.9 Å². The lowest BCUT2D eigenvalue weighted by Crippen LogP contribution is -2.43. The van der Waals surface area contributed by atoms with Gasteiger partial charge in [-0.3, -0.25) is 4.79 Å². The van der Waals surface area contributed by atoms with Crippen LogP contribution in [0.15, 0.2) is 6.20 Å². The van der Waals surface area contributed by atoms with Gasteiger partial charge in [0.2, 0.25) is 0 Å². The smallest absolute Gasteiger partial charge is 0.410 e. The van der Waals surface area contributed by atoms with Gasteiger partial charge in [-0.15, -0.1) is 5.10 Å². The maximum absolute atomic E-state index is 12.1. The van der Waals surface area contributed by atoms with E-state index < -0.39 is 11.5 Å². The highest BCUT2D eigenvalue weighted by Gasteiger charge is 2.29. The highest BCUT2D eigenvalue weighted by atomic mass is 16.6. The molecule has 8 heteroatoms. The molecule has 0 radical (unpaired) electrons. The number of carbonyl (C=O) groups excluding carboxylic acids is 2. The fourth-order valence-corrected chi connectivity index (χ4v) is 2.23. The van der Waals surface area contributed by atoms with Crippen LogP contribution in [0.2, 0.25) is 0 Å². The molecule has 2 N–H and O–H groups in total. The predicted molar refractivity (Wildman–Crippen MR) is 74.6 cm³/mol. The number of hydrogen-bond acceptors (Lipinski definition) is 5. The first kappa shape index (κ1) is 15.3. The Labute approximate surface area is 123 Å². The number of aromatic nitrogens is 3. The van der Waals surface area contributed by atoms with E-state index >= 15 is 0 Å². The van der Waals surface area contributed by atoms with Crippen LogP contribution in [0.3, 0.4) is 0 Å². The largest absolute Gasteiger partial charge is 0.444 e. The molecule has 0 unspecified atom stereocenters. The van der Waals surface area contributed by atoms with Crippen molar-refractivity contribution in [2.24, 2.45) is 5.73 Å². The van der Waals surface area contributed by atoms with Crippen molar-refractivity contribution in [2.75, 3.05) is 13.1 Å². The first-order chi connectivity index (χ1) is 9.76. The molecule has 0 spiro atoms. The van der Waals surface area contributed by atoms with E-state index in [-0.39, 0.29) is 17.8 Å². The molecule has 116 valence electrons. The monoisotopic (exact) mass is 295 g/mol. The summed E-state index contributed by atoms with van der Waals surface area (Å²) in [7, 11) is 0. The second-order valence-corrected chi connectivity index (χ2v) is 6.17. The molecule has 2 heterocycles. The Balaban J connectivity index is 2.03. The number of rotatable bonds is 2. The number of hydrogen-bond donors (Lipinski definition) is 1. The Morgan fingerprint density at radius 3 is 2.71 bits per heavy atom.